The Bertz CT molecular complexity index is 457. The van der Waals surface area contributed by atoms with E-state index in [1.54, 1.807) is 0 Å². The fourth-order valence-electron chi connectivity index (χ4n) is 3.59. The largest absolute Gasteiger partial charge is 0.305 e. The van der Waals surface area contributed by atoms with Crippen molar-refractivity contribution >= 4 is 11.6 Å². The summed E-state index contributed by atoms with van der Waals surface area (Å²) in [6.07, 6.45) is 2.72. The van der Waals surface area contributed by atoms with Crippen molar-refractivity contribution < 1.29 is 0 Å². The van der Waals surface area contributed by atoms with Gasteiger partial charge in [0.05, 0.1) is 0 Å². The molecule has 0 aromatic heterocycles. The van der Waals surface area contributed by atoms with E-state index in [4.69, 9.17) is 11.6 Å². The van der Waals surface area contributed by atoms with Gasteiger partial charge in [-0.15, -0.1) is 0 Å². The average molecular weight is 308 g/mol. The molecular formula is C17H26ClN3. The van der Waals surface area contributed by atoms with E-state index in [-0.39, 0.29) is 0 Å². The van der Waals surface area contributed by atoms with Crippen molar-refractivity contribution in [2.45, 2.75) is 25.4 Å². The van der Waals surface area contributed by atoms with Gasteiger partial charge in [-0.2, -0.15) is 0 Å². The zero-order valence-electron chi connectivity index (χ0n) is 13.0. The number of rotatable bonds is 3. The van der Waals surface area contributed by atoms with Gasteiger partial charge in [0.2, 0.25) is 0 Å². The molecule has 2 aliphatic heterocycles. The first-order chi connectivity index (χ1) is 10.2. The lowest BCUT2D eigenvalue weighted by Gasteiger charge is -2.42. The van der Waals surface area contributed by atoms with Gasteiger partial charge in [0.25, 0.3) is 0 Å². The van der Waals surface area contributed by atoms with Crippen molar-refractivity contribution in [1.82, 2.24) is 14.7 Å². The zero-order chi connectivity index (χ0) is 14.7. The van der Waals surface area contributed by atoms with Gasteiger partial charge >= 0.3 is 0 Å². The van der Waals surface area contributed by atoms with Crippen molar-refractivity contribution in [2.24, 2.45) is 0 Å². The van der Waals surface area contributed by atoms with E-state index in [0.29, 0.717) is 0 Å². The Kier molecular flexibility index (Phi) is 5.17. The second-order valence-electron chi connectivity index (χ2n) is 6.46. The molecule has 0 spiro atoms. The molecule has 1 unspecified atom stereocenters. The summed E-state index contributed by atoms with van der Waals surface area (Å²) in [7, 11) is 2.25. The highest BCUT2D eigenvalue weighted by molar-refractivity contribution is 6.31. The van der Waals surface area contributed by atoms with Crippen molar-refractivity contribution in [3.63, 3.8) is 0 Å². The molecule has 1 atom stereocenters. The maximum atomic E-state index is 6.27. The molecule has 0 saturated carbocycles. The van der Waals surface area contributed by atoms with E-state index in [1.807, 2.05) is 12.1 Å². The van der Waals surface area contributed by atoms with Crippen LogP contribution in [0.3, 0.4) is 0 Å². The van der Waals surface area contributed by atoms with E-state index >= 15 is 0 Å². The summed E-state index contributed by atoms with van der Waals surface area (Å²) in [5, 5.41) is 0.897. The minimum atomic E-state index is 0.770. The second kappa shape index (κ2) is 7.10. The summed E-state index contributed by atoms with van der Waals surface area (Å²) in [4.78, 5) is 7.70. The first-order valence-corrected chi connectivity index (χ1v) is 8.48. The summed E-state index contributed by atoms with van der Waals surface area (Å²) in [5.41, 5.74) is 1.25. The number of nitrogens with zero attached hydrogens (tertiary/aromatic N) is 3. The number of likely N-dealkylation sites (N-methyl/N-ethyl adjacent to an activating group) is 1. The summed E-state index contributed by atoms with van der Waals surface area (Å²) in [5.74, 6) is 0. The maximum absolute atomic E-state index is 6.27. The highest BCUT2D eigenvalue weighted by atomic mass is 35.5. The van der Waals surface area contributed by atoms with Gasteiger partial charge < -0.3 is 4.90 Å². The second-order valence-corrected chi connectivity index (χ2v) is 6.87. The van der Waals surface area contributed by atoms with Crippen LogP contribution < -0.4 is 0 Å². The van der Waals surface area contributed by atoms with Gasteiger partial charge in [0, 0.05) is 50.3 Å². The first-order valence-electron chi connectivity index (χ1n) is 8.11. The van der Waals surface area contributed by atoms with Gasteiger partial charge in [0.1, 0.15) is 0 Å². The Morgan fingerprint density at radius 2 is 1.86 bits per heavy atom. The molecule has 0 radical (unpaired) electrons. The van der Waals surface area contributed by atoms with Crippen molar-refractivity contribution in [3.8, 4) is 0 Å². The maximum Gasteiger partial charge on any atom is 0.0451 e. The van der Waals surface area contributed by atoms with E-state index in [2.05, 4.69) is 33.9 Å². The number of likely N-dealkylation sites (tertiary alicyclic amines) is 1. The Labute approximate surface area is 133 Å². The molecule has 2 saturated heterocycles. The van der Waals surface area contributed by atoms with Crippen LogP contribution in [0.2, 0.25) is 5.02 Å². The normalized spacial score (nSPS) is 26.1. The van der Waals surface area contributed by atoms with Crippen LogP contribution >= 0.6 is 11.6 Å². The molecule has 2 fully saturated rings. The van der Waals surface area contributed by atoms with Crippen LogP contribution in [0.5, 0.6) is 0 Å². The van der Waals surface area contributed by atoms with Crippen molar-refractivity contribution in [3.05, 3.63) is 34.9 Å². The molecule has 1 aromatic carbocycles. The van der Waals surface area contributed by atoms with Crippen LogP contribution in [0.25, 0.3) is 0 Å². The average Bonchev–Trinajstić information content (AvgIpc) is 2.50. The zero-order valence-corrected chi connectivity index (χ0v) is 13.7. The van der Waals surface area contributed by atoms with E-state index in [9.17, 15) is 0 Å². The number of halogens is 1. The van der Waals surface area contributed by atoms with Gasteiger partial charge in [-0.3, -0.25) is 9.80 Å². The smallest absolute Gasteiger partial charge is 0.0451 e. The standard InChI is InChI=1S/C17H26ClN3/c1-19-8-4-6-16(14-19)21-11-9-20(10-12-21)13-15-5-2-3-7-17(15)18/h2-3,5,7,16H,4,6,8-14H2,1H3. The summed E-state index contributed by atoms with van der Waals surface area (Å²) >= 11 is 6.27. The van der Waals surface area contributed by atoms with Gasteiger partial charge in [-0.1, -0.05) is 29.8 Å². The third-order valence-electron chi connectivity index (χ3n) is 4.87. The molecule has 0 N–H and O–H groups in total. The number of benzene rings is 1. The molecule has 21 heavy (non-hydrogen) atoms. The highest BCUT2D eigenvalue weighted by Gasteiger charge is 2.26. The van der Waals surface area contributed by atoms with Crippen LogP contribution in [-0.2, 0) is 6.54 Å². The lowest BCUT2D eigenvalue weighted by Crippen LogP contribution is -2.54. The summed E-state index contributed by atoms with van der Waals surface area (Å²) < 4.78 is 0. The fourth-order valence-corrected chi connectivity index (χ4v) is 3.79. The molecule has 0 aliphatic carbocycles. The molecular weight excluding hydrogens is 282 g/mol. The molecule has 3 nitrogen and oxygen atoms in total. The van der Waals surface area contributed by atoms with E-state index < -0.39 is 0 Å². The van der Waals surface area contributed by atoms with Crippen LogP contribution in [-0.4, -0.2) is 67.1 Å². The van der Waals surface area contributed by atoms with Crippen molar-refractivity contribution in [1.29, 1.82) is 0 Å². The van der Waals surface area contributed by atoms with Crippen LogP contribution in [0.1, 0.15) is 18.4 Å². The predicted molar refractivity (Wildman–Crippen MR) is 88.8 cm³/mol. The van der Waals surface area contributed by atoms with Gasteiger partial charge in [-0.25, -0.2) is 0 Å². The Morgan fingerprint density at radius 3 is 2.57 bits per heavy atom. The van der Waals surface area contributed by atoms with E-state index in [0.717, 1.165) is 30.7 Å². The molecule has 0 amide bonds. The lowest BCUT2D eigenvalue weighted by molar-refractivity contribution is 0.0568. The Balaban J connectivity index is 1.50. The molecule has 2 heterocycles. The highest BCUT2D eigenvalue weighted by Crippen LogP contribution is 2.20. The monoisotopic (exact) mass is 307 g/mol. The van der Waals surface area contributed by atoms with Crippen molar-refractivity contribution in [2.75, 3.05) is 46.3 Å². The lowest BCUT2D eigenvalue weighted by atomic mass is 10.0. The molecule has 4 heteroatoms. The quantitative estimate of drug-likeness (QED) is 0.850. The van der Waals surface area contributed by atoms with Crippen LogP contribution in [0, 0.1) is 0 Å². The minimum absolute atomic E-state index is 0.770. The Morgan fingerprint density at radius 1 is 1.10 bits per heavy atom. The summed E-state index contributed by atoms with van der Waals surface area (Å²) in [6.45, 7) is 8.20. The number of hydrogen-bond donors (Lipinski definition) is 0. The molecule has 2 aliphatic rings. The van der Waals surface area contributed by atoms with Crippen LogP contribution in [0.4, 0.5) is 0 Å². The first kappa shape index (κ1) is 15.3. The third kappa shape index (κ3) is 3.98. The predicted octanol–water partition coefficient (Wildman–Crippen LogP) is 2.55. The topological polar surface area (TPSA) is 9.72 Å². The third-order valence-corrected chi connectivity index (χ3v) is 5.24. The number of piperazine rings is 1. The molecule has 1 aromatic rings. The van der Waals surface area contributed by atoms with Gasteiger partial charge in [-0.05, 0) is 38.1 Å². The number of hydrogen-bond acceptors (Lipinski definition) is 3. The SMILES string of the molecule is CN1CCCC(N2CCN(Cc3ccccc3Cl)CC2)C1. The van der Waals surface area contributed by atoms with Crippen LogP contribution in [0.15, 0.2) is 24.3 Å². The fraction of sp³-hybridized carbons (Fsp3) is 0.647. The summed E-state index contributed by atoms with van der Waals surface area (Å²) in [6, 6.07) is 8.99. The molecule has 3 rings (SSSR count). The Hall–Kier alpha value is -0.610. The molecule has 0 bridgehead atoms. The molecule has 116 valence electrons. The minimum Gasteiger partial charge on any atom is -0.305 e. The van der Waals surface area contributed by atoms with Gasteiger partial charge in [0.15, 0.2) is 0 Å². The van der Waals surface area contributed by atoms with E-state index in [1.165, 1.54) is 44.6 Å². The number of piperidine rings is 1.